The monoisotopic (exact) mass is 230 g/mol. The quantitative estimate of drug-likeness (QED) is 0.336. The van der Waals surface area contributed by atoms with Crippen molar-refractivity contribution in [2.75, 3.05) is 13.2 Å². The highest BCUT2D eigenvalue weighted by molar-refractivity contribution is 5.81. The van der Waals surface area contributed by atoms with Crippen molar-refractivity contribution in [2.45, 2.75) is 6.92 Å². The van der Waals surface area contributed by atoms with Gasteiger partial charge in [-0.15, -0.1) is 5.92 Å². The number of hydrogen-bond acceptors (Lipinski definition) is 3. The van der Waals surface area contributed by atoms with Crippen molar-refractivity contribution < 1.29 is 14.3 Å². The van der Waals surface area contributed by atoms with Crippen LogP contribution in [0.15, 0.2) is 36.9 Å². The van der Waals surface area contributed by atoms with E-state index in [0.717, 1.165) is 17.4 Å². The number of rotatable bonds is 5. The Balaban J connectivity index is 2.34. The Morgan fingerprint density at radius 2 is 2.06 bits per heavy atom. The zero-order valence-corrected chi connectivity index (χ0v) is 9.73. The summed E-state index contributed by atoms with van der Waals surface area (Å²) in [6.07, 6.45) is 1.12. The van der Waals surface area contributed by atoms with Gasteiger partial charge >= 0.3 is 5.97 Å². The predicted molar refractivity (Wildman–Crippen MR) is 65.6 cm³/mol. The summed E-state index contributed by atoms with van der Waals surface area (Å²) in [6.45, 7) is 5.61. The van der Waals surface area contributed by atoms with Crippen molar-refractivity contribution in [3.05, 3.63) is 42.5 Å². The van der Waals surface area contributed by atoms with Crippen LogP contribution >= 0.6 is 0 Å². The average Bonchev–Trinajstić information content (AvgIpc) is 2.36. The summed E-state index contributed by atoms with van der Waals surface area (Å²) in [6, 6.07) is 7.41. The van der Waals surface area contributed by atoms with E-state index in [9.17, 15) is 4.79 Å². The van der Waals surface area contributed by atoms with Gasteiger partial charge in [-0.2, -0.15) is 0 Å². The van der Waals surface area contributed by atoms with Gasteiger partial charge in [0.15, 0.2) is 0 Å². The van der Waals surface area contributed by atoms with Gasteiger partial charge in [-0.05, 0) is 31.2 Å². The van der Waals surface area contributed by atoms with E-state index < -0.39 is 5.97 Å². The van der Waals surface area contributed by atoms with Crippen LogP contribution in [0.4, 0.5) is 0 Å². The summed E-state index contributed by atoms with van der Waals surface area (Å²) in [5, 5.41) is 0. The normalized spacial score (nSPS) is 8.76. The van der Waals surface area contributed by atoms with Crippen molar-refractivity contribution in [1.29, 1.82) is 0 Å². The highest BCUT2D eigenvalue weighted by Crippen LogP contribution is 2.11. The number of ether oxygens (including phenoxy) is 2. The van der Waals surface area contributed by atoms with Crippen LogP contribution in [0.1, 0.15) is 12.5 Å². The summed E-state index contributed by atoms with van der Waals surface area (Å²) < 4.78 is 10.1. The lowest BCUT2D eigenvalue weighted by molar-refractivity contribution is -0.138. The first kappa shape index (κ1) is 12.9. The third-order valence-corrected chi connectivity index (χ3v) is 1.89. The molecule has 0 saturated carbocycles. The van der Waals surface area contributed by atoms with E-state index >= 15 is 0 Å². The number of carbonyl (C=O) groups excluding carboxylic acids is 1. The van der Waals surface area contributed by atoms with Gasteiger partial charge in [0.1, 0.15) is 19.0 Å². The van der Waals surface area contributed by atoms with Gasteiger partial charge in [-0.1, -0.05) is 12.5 Å². The predicted octanol–water partition coefficient (Wildman–Crippen LogP) is 2.17. The van der Waals surface area contributed by atoms with E-state index in [2.05, 4.69) is 18.4 Å². The molecule has 88 valence electrons. The fourth-order valence-electron chi connectivity index (χ4n) is 1.14. The minimum Gasteiger partial charge on any atom is -0.490 e. The molecule has 0 unspecified atom stereocenters. The van der Waals surface area contributed by atoms with Crippen LogP contribution in [0.25, 0.3) is 0 Å². The summed E-state index contributed by atoms with van der Waals surface area (Å²) in [5.74, 6) is 6.04. The number of esters is 1. The van der Waals surface area contributed by atoms with Gasteiger partial charge in [0.2, 0.25) is 0 Å². The number of benzene rings is 1. The molecule has 0 N–H and O–H groups in total. The van der Waals surface area contributed by atoms with Crippen LogP contribution in [0, 0.1) is 11.8 Å². The Hall–Kier alpha value is -2.21. The molecule has 0 amide bonds. The second-order valence-electron chi connectivity index (χ2n) is 3.12. The third-order valence-electron chi connectivity index (χ3n) is 1.89. The van der Waals surface area contributed by atoms with E-state index in [1.807, 2.05) is 24.3 Å². The van der Waals surface area contributed by atoms with Crippen LogP contribution in [0.3, 0.4) is 0 Å². The molecule has 0 bridgehead atoms. The molecule has 3 heteroatoms. The number of hydrogen-bond donors (Lipinski definition) is 0. The first-order valence-corrected chi connectivity index (χ1v) is 5.21. The minimum atomic E-state index is -0.442. The zero-order chi connectivity index (χ0) is 12.5. The molecule has 0 aliphatic heterocycles. The van der Waals surface area contributed by atoms with Crippen LogP contribution in [0.2, 0.25) is 0 Å². The van der Waals surface area contributed by atoms with Crippen molar-refractivity contribution in [1.82, 2.24) is 0 Å². The fourth-order valence-corrected chi connectivity index (χ4v) is 1.14. The van der Waals surface area contributed by atoms with Gasteiger partial charge in [0.05, 0.1) is 0 Å². The van der Waals surface area contributed by atoms with Crippen LogP contribution < -0.4 is 4.74 Å². The molecule has 0 aliphatic rings. The van der Waals surface area contributed by atoms with E-state index in [1.54, 1.807) is 6.92 Å². The topological polar surface area (TPSA) is 35.5 Å². The van der Waals surface area contributed by atoms with Crippen LogP contribution in [-0.2, 0) is 9.53 Å². The Morgan fingerprint density at radius 3 is 2.65 bits per heavy atom. The molecule has 0 spiro atoms. The third kappa shape index (κ3) is 4.89. The lowest BCUT2D eigenvalue weighted by Crippen LogP contribution is -2.10. The summed E-state index contributed by atoms with van der Waals surface area (Å²) in [5.41, 5.74) is 0.943. The van der Waals surface area contributed by atoms with Crippen molar-refractivity contribution in [3.8, 4) is 17.6 Å². The van der Waals surface area contributed by atoms with Crippen LogP contribution in [-0.4, -0.2) is 19.2 Å². The maximum absolute atomic E-state index is 10.7. The van der Waals surface area contributed by atoms with E-state index in [-0.39, 0.29) is 6.61 Å². The van der Waals surface area contributed by atoms with Crippen molar-refractivity contribution >= 4 is 5.97 Å². The SMILES string of the molecule is C=CC(=O)OCCOc1ccc(C#CC)cc1. The lowest BCUT2D eigenvalue weighted by Gasteiger charge is -2.06. The molecule has 0 heterocycles. The zero-order valence-electron chi connectivity index (χ0n) is 9.73. The molecule has 1 aromatic carbocycles. The number of carbonyl (C=O) groups is 1. The van der Waals surface area contributed by atoms with Gasteiger partial charge in [0, 0.05) is 11.6 Å². The molecule has 0 saturated heterocycles. The largest absolute Gasteiger partial charge is 0.490 e. The van der Waals surface area contributed by atoms with Gasteiger partial charge in [-0.3, -0.25) is 0 Å². The van der Waals surface area contributed by atoms with Gasteiger partial charge in [0.25, 0.3) is 0 Å². The minimum absolute atomic E-state index is 0.210. The molecule has 0 fully saturated rings. The molecule has 0 aliphatic carbocycles. The highest BCUT2D eigenvalue weighted by Gasteiger charge is 1.96. The Bertz CT molecular complexity index is 435. The second kappa shape index (κ2) is 7.13. The summed E-state index contributed by atoms with van der Waals surface area (Å²) in [4.78, 5) is 10.7. The summed E-state index contributed by atoms with van der Waals surface area (Å²) in [7, 11) is 0. The molecular formula is C14H14O3. The first-order chi connectivity index (χ1) is 8.26. The first-order valence-electron chi connectivity index (χ1n) is 5.21. The van der Waals surface area contributed by atoms with Gasteiger partial charge in [-0.25, -0.2) is 4.79 Å². The Kier molecular flexibility index (Phi) is 5.39. The Morgan fingerprint density at radius 1 is 1.35 bits per heavy atom. The van der Waals surface area contributed by atoms with Crippen molar-refractivity contribution in [3.63, 3.8) is 0 Å². The molecule has 17 heavy (non-hydrogen) atoms. The van der Waals surface area contributed by atoms with Gasteiger partial charge < -0.3 is 9.47 Å². The Labute approximate surface area is 101 Å². The summed E-state index contributed by atoms with van der Waals surface area (Å²) >= 11 is 0. The molecule has 0 aromatic heterocycles. The van der Waals surface area contributed by atoms with E-state index in [1.165, 1.54) is 0 Å². The smallest absolute Gasteiger partial charge is 0.330 e. The molecule has 0 atom stereocenters. The standard InChI is InChI=1S/C14H14O3/c1-3-5-12-6-8-13(9-7-12)16-10-11-17-14(15)4-2/h4,6-9H,2,10-11H2,1H3. The van der Waals surface area contributed by atoms with E-state index in [0.29, 0.717) is 6.61 Å². The molecule has 0 radical (unpaired) electrons. The highest BCUT2D eigenvalue weighted by atomic mass is 16.6. The fraction of sp³-hybridized carbons (Fsp3) is 0.214. The van der Waals surface area contributed by atoms with E-state index in [4.69, 9.17) is 9.47 Å². The maximum Gasteiger partial charge on any atom is 0.330 e. The lowest BCUT2D eigenvalue weighted by atomic mass is 10.2. The molecule has 1 aromatic rings. The second-order valence-corrected chi connectivity index (χ2v) is 3.12. The molecule has 1 rings (SSSR count). The molecule has 3 nitrogen and oxygen atoms in total. The molecular weight excluding hydrogens is 216 g/mol. The van der Waals surface area contributed by atoms with Crippen LogP contribution in [0.5, 0.6) is 5.75 Å². The van der Waals surface area contributed by atoms with Crippen molar-refractivity contribution in [2.24, 2.45) is 0 Å². The maximum atomic E-state index is 10.7. The average molecular weight is 230 g/mol.